The summed E-state index contributed by atoms with van der Waals surface area (Å²) in [5, 5.41) is 5.60. The number of carbonyl (C=O) groups is 2. The van der Waals surface area contributed by atoms with Crippen LogP contribution < -0.4 is 10.6 Å². The maximum absolute atomic E-state index is 12.3. The Balaban J connectivity index is 1.81. The minimum absolute atomic E-state index is 0.0691. The third-order valence-corrected chi connectivity index (χ3v) is 3.85. The molecule has 2 heterocycles. The van der Waals surface area contributed by atoms with Crippen molar-refractivity contribution in [1.29, 1.82) is 0 Å². The Morgan fingerprint density at radius 2 is 1.95 bits per heavy atom. The average molecular weight is 305 g/mol. The Morgan fingerprint density at radius 3 is 2.59 bits per heavy atom. The van der Waals surface area contributed by atoms with Crippen LogP contribution in [0.3, 0.4) is 0 Å². The lowest BCUT2D eigenvalue weighted by Gasteiger charge is -2.23. The van der Waals surface area contributed by atoms with Crippen LogP contribution in [0.5, 0.6) is 0 Å². The predicted molar refractivity (Wildman–Crippen MR) is 81.8 cm³/mol. The average Bonchev–Trinajstić information content (AvgIpc) is 3.04. The fraction of sp³-hybridized carbons (Fsp3) is 0.562. The summed E-state index contributed by atoms with van der Waals surface area (Å²) in [5.41, 5.74) is -0.176. The van der Waals surface area contributed by atoms with Crippen molar-refractivity contribution < 1.29 is 14.3 Å². The highest BCUT2D eigenvalue weighted by atomic mass is 16.5. The van der Waals surface area contributed by atoms with Crippen molar-refractivity contribution in [2.45, 2.75) is 39.3 Å². The first-order chi connectivity index (χ1) is 10.5. The lowest BCUT2D eigenvalue weighted by Crippen LogP contribution is -2.49. The van der Waals surface area contributed by atoms with Gasteiger partial charge in [0.1, 0.15) is 5.41 Å². The molecule has 0 aliphatic carbocycles. The van der Waals surface area contributed by atoms with E-state index in [-0.39, 0.29) is 17.9 Å². The van der Waals surface area contributed by atoms with Gasteiger partial charge in [0.15, 0.2) is 0 Å². The molecule has 1 aliphatic heterocycles. The topological polar surface area (TPSA) is 80.3 Å². The van der Waals surface area contributed by atoms with Gasteiger partial charge in [0, 0.05) is 32.1 Å². The number of hydrogen-bond donors (Lipinski definition) is 2. The third kappa shape index (κ3) is 4.27. The van der Waals surface area contributed by atoms with Crippen LogP contribution >= 0.6 is 0 Å². The van der Waals surface area contributed by atoms with Crippen LogP contribution in [0.25, 0.3) is 0 Å². The summed E-state index contributed by atoms with van der Waals surface area (Å²) < 4.78 is 5.46. The Kier molecular flexibility index (Phi) is 5.49. The molecule has 1 aliphatic rings. The van der Waals surface area contributed by atoms with E-state index in [4.69, 9.17) is 4.74 Å². The Morgan fingerprint density at radius 1 is 1.27 bits per heavy atom. The molecule has 6 nitrogen and oxygen atoms in total. The summed E-state index contributed by atoms with van der Waals surface area (Å²) in [6, 6.07) is 3.65. The molecule has 0 spiro atoms. The molecule has 2 N–H and O–H groups in total. The van der Waals surface area contributed by atoms with E-state index in [1.54, 1.807) is 26.2 Å². The minimum atomic E-state index is -1.12. The second kappa shape index (κ2) is 7.35. The van der Waals surface area contributed by atoms with Crippen LogP contribution in [0.4, 0.5) is 0 Å². The van der Waals surface area contributed by atoms with Gasteiger partial charge >= 0.3 is 0 Å². The van der Waals surface area contributed by atoms with Gasteiger partial charge in [-0.2, -0.15) is 0 Å². The standard InChI is InChI=1S/C16H23N3O3/c1-16(2,15(21)19-11-13-4-3-9-22-13)14(20)18-10-12-5-7-17-8-6-12/h5-8,13H,3-4,9-11H2,1-2H3,(H,18,20)(H,19,21). The maximum atomic E-state index is 12.3. The molecule has 1 unspecified atom stereocenters. The smallest absolute Gasteiger partial charge is 0.235 e. The van der Waals surface area contributed by atoms with Crippen LogP contribution in [-0.4, -0.2) is 36.1 Å². The van der Waals surface area contributed by atoms with E-state index in [9.17, 15) is 9.59 Å². The van der Waals surface area contributed by atoms with Gasteiger partial charge in [-0.25, -0.2) is 0 Å². The molecule has 22 heavy (non-hydrogen) atoms. The number of ether oxygens (including phenoxy) is 1. The molecule has 120 valence electrons. The van der Waals surface area contributed by atoms with Gasteiger partial charge in [-0.05, 0) is 44.4 Å². The Bertz CT molecular complexity index is 511. The molecule has 0 radical (unpaired) electrons. The first kappa shape index (κ1) is 16.4. The first-order valence-corrected chi connectivity index (χ1v) is 7.57. The van der Waals surface area contributed by atoms with E-state index in [2.05, 4.69) is 15.6 Å². The quantitative estimate of drug-likeness (QED) is 0.769. The van der Waals surface area contributed by atoms with E-state index in [1.165, 1.54) is 0 Å². The summed E-state index contributed by atoms with van der Waals surface area (Å²) in [5.74, 6) is -0.579. The van der Waals surface area contributed by atoms with E-state index >= 15 is 0 Å². The highest BCUT2D eigenvalue weighted by Gasteiger charge is 2.36. The van der Waals surface area contributed by atoms with Gasteiger partial charge in [0.05, 0.1) is 6.10 Å². The van der Waals surface area contributed by atoms with Crippen LogP contribution in [0.1, 0.15) is 32.3 Å². The van der Waals surface area contributed by atoms with Gasteiger partial charge in [-0.15, -0.1) is 0 Å². The molecule has 2 rings (SSSR count). The Hall–Kier alpha value is -1.95. The monoisotopic (exact) mass is 305 g/mol. The van der Waals surface area contributed by atoms with Crippen LogP contribution in [-0.2, 0) is 20.9 Å². The molecule has 2 amide bonds. The summed E-state index contributed by atoms with van der Waals surface area (Å²) in [4.78, 5) is 28.4. The number of amides is 2. The van der Waals surface area contributed by atoms with Gasteiger partial charge < -0.3 is 15.4 Å². The van der Waals surface area contributed by atoms with Crippen LogP contribution in [0.15, 0.2) is 24.5 Å². The normalized spacial score (nSPS) is 18.0. The zero-order valence-electron chi connectivity index (χ0n) is 13.1. The summed E-state index contributed by atoms with van der Waals surface area (Å²) in [6.45, 7) is 4.83. The largest absolute Gasteiger partial charge is 0.376 e. The van der Waals surface area contributed by atoms with Crippen LogP contribution in [0, 0.1) is 5.41 Å². The zero-order chi connectivity index (χ0) is 16.0. The SMILES string of the molecule is CC(C)(C(=O)NCc1ccncc1)C(=O)NCC1CCCO1. The van der Waals surface area contributed by atoms with Gasteiger partial charge in [0.2, 0.25) is 11.8 Å². The molecule has 1 aromatic rings. The number of hydrogen-bond acceptors (Lipinski definition) is 4. The number of aromatic nitrogens is 1. The number of carbonyl (C=O) groups excluding carboxylic acids is 2. The molecule has 0 saturated carbocycles. The number of nitrogens with zero attached hydrogens (tertiary/aromatic N) is 1. The molecule has 1 atom stereocenters. The van der Waals surface area contributed by atoms with Crippen molar-refractivity contribution in [2.75, 3.05) is 13.2 Å². The fourth-order valence-electron chi connectivity index (χ4n) is 2.24. The second-order valence-corrected chi connectivity index (χ2v) is 6.01. The third-order valence-electron chi connectivity index (χ3n) is 3.85. The highest BCUT2D eigenvalue weighted by Crippen LogP contribution is 2.17. The predicted octanol–water partition coefficient (Wildman–Crippen LogP) is 1.02. The molecule has 6 heteroatoms. The molecule has 1 aromatic heterocycles. The summed E-state index contributed by atoms with van der Waals surface area (Å²) >= 11 is 0. The molecule has 0 bridgehead atoms. The summed E-state index contributed by atoms with van der Waals surface area (Å²) in [6.07, 6.45) is 5.38. The van der Waals surface area contributed by atoms with E-state index in [0.717, 1.165) is 25.0 Å². The number of rotatable bonds is 6. The molecule has 1 fully saturated rings. The minimum Gasteiger partial charge on any atom is -0.376 e. The van der Waals surface area contributed by atoms with Crippen molar-refractivity contribution in [3.8, 4) is 0 Å². The molecular formula is C16H23N3O3. The van der Waals surface area contributed by atoms with Crippen molar-refractivity contribution in [1.82, 2.24) is 15.6 Å². The zero-order valence-corrected chi connectivity index (χ0v) is 13.1. The van der Waals surface area contributed by atoms with Gasteiger partial charge in [-0.3, -0.25) is 14.6 Å². The maximum Gasteiger partial charge on any atom is 0.235 e. The molecule has 1 saturated heterocycles. The number of pyridine rings is 1. The van der Waals surface area contributed by atoms with Crippen molar-refractivity contribution in [3.63, 3.8) is 0 Å². The van der Waals surface area contributed by atoms with E-state index in [0.29, 0.717) is 13.1 Å². The molecular weight excluding hydrogens is 282 g/mol. The van der Waals surface area contributed by atoms with E-state index < -0.39 is 5.41 Å². The highest BCUT2D eigenvalue weighted by molar-refractivity contribution is 6.04. The van der Waals surface area contributed by atoms with Gasteiger partial charge in [-0.1, -0.05) is 0 Å². The van der Waals surface area contributed by atoms with E-state index in [1.807, 2.05) is 12.1 Å². The fourth-order valence-corrected chi connectivity index (χ4v) is 2.24. The van der Waals surface area contributed by atoms with Crippen molar-refractivity contribution >= 4 is 11.8 Å². The second-order valence-electron chi connectivity index (χ2n) is 6.01. The lowest BCUT2D eigenvalue weighted by molar-refractivity contribution is -0.141. The lowest BCUT2D eigenvalue weighted by atomic mass is 9.91. The summed E-state index contributed by atoms with van der Waals surface area (Å²) in [7, 11) is 0. The van der Waals surface area contributed by atoms with Crippen molar-refractivity contribution in [2.24, 2.45) is 5.41 Å². The van der Waals surface area contributed by atoms with Gasteiger partial charge in [0.25, 0.3) is 0 Å². The molecule has 0 aromatic carbocycles. The first-order valence-electron chi connectivity index (χ1n) is 7.57. The number of nitrogens with one attached hydrogen (secondary N) is 2. The van der Waals surface area contributed by atoms with Crippen LogP contribution in [0.2, 0.25) is 0 Å². The van der Waals surface area contributed by atoms with Crippen molar-refractivity contribution in [3.05, 3.63) is 30.1 Å². The Labute approximate surface area is 130 Å².